The molecule has 0 spiro atoms. The predicted octanol–water partition coefficient (Wildman–Crippen LogP) is 2.36. The summed E-state index contributed by atoms with van der Waals surface area (Å²) >= 11 is 0. The summed E-state index contributed by atoms with van der Waals surface area (Å²) in [6.07, 6.45) is 7.95. The number of pyridine rings is 1. The molecule has 140 valence electrons. The maximum absolute atomic E-state index is 6.16. The number of nitrogens with zero attached hydrogens (tertiary/aromatic N) is 4. The maximum atomic E-state index is 6.16. The van der Waals surface area contributed by atoms with Crippen LogP contribution in [0.5, 0.6) is 0 Å². The van der Waals surface area contributed by atoms with Gasteiger partial charge in [0.25, 0.3) is 0 Å². The van der Waals surface area contributed by atoms with Gasteiger partial charge in [0, 0.05) is 70.5 Å². The topological polar surface area (TPSA) is 52.4 Å². The SMILES string of the molecule is Cn1cnc2c1[C@H](COCC1CCOCC1)CN(Cc1cccnc1)C2. The number of imidazole rings is 1. The van der Waals surface area contributed by atoms with Crippen LogP contribution in [0.4, 0.5) is 0 Å². The van der Waals surface area contributed by atoms with Gasteiger partial charge in [0.15, 0.2) is 0 Å². The Morgan fingerprint density at radius 1 is 1.27 bits per heavy atom. The molecule has 2 aliphatic rings. The lowest BCUT2D eigenvalue weighted by atomic mass is 9.98. The van der Waals surface area contributed by atoms with E-state index in [-0.39, 0.29) is 0 Å². The number of hydrogen-bond donors (Lipinski definition) is 0. The van der Waals surface area contributed by atoms with Crippen molar-refractivity contribution in [2.75, 3.05) is 33.0 Å². The Kier molecular flexibility index (Phi) is 5.62. The van der Waals surface area contributed by atoms with Crippen molar-refractivity contribution in [3.8, 4) is 0 Å². The fraction of sp³-hybridized carbons (Fsp3) is 0.600. The Labute approximate surface area is 155 Å². The summed E-state index contributed by atoms with van der Waals surface area (Å²) in [5.41, 5.74) is 3.76. The molecule has 6 nitrogen and oxygen atoms in total. The molecule has 1 atom stereocenters. The van der Waals surface area contributed by atoms with Gasteiger partial charge in [-0.05, 0) is 30.4 Å². The van der Waals surface area contributed by atoms with Crippen LogP contribution in [-0.4, -0.2) is 52.4 Å². The first-order valence-electron chi connectivity index (χ1n) is 9.56. The molecule has 4 rings (SSSR count). The van der Waals surface area contributed by atoms with Gasteiger partial charge < -0.3 is 14.0 Å². The summed E-state index contributed by atoms with van der Waals surface area (Å²) in [7, 11) is 2.09. The van der Waals surface area contributed by atoms with Gasteiger partial charge in [0.1, 0.15) is 0 Å². The van der Waals surface area contributed by atoms with Crippen molar-refractivity contribution >= 4 is 0 Å². The van der Waals surface area contributed by atoms with Crippen LogP contribution in [0.25, 0.3) is 0 Å². The third-order valence-corrected chi connectivity index (χ3v) is 5.44. The van der Waals surface area contributed by atoms with Gasteiger partial charge in [-0.3, -0.25) is 9.88 Å². The highest BCUT2D eigenvalue weighted by atomic mass is 16.5. The van der Waals surface area contributed by atoms with Crippen LogP contribution < -0.4 is 0 Å². The van der Waals surface area contributed by atoms with E-state index in [0.29, 0.717) is 11.8 Å². The zero-order valence-electron chi connectivity index (χ0n) is 15.5. The fourth-order valence-electron chi connectivity index (χ4n) is 4.10. The third-order valence-electron chi connectivity index (χ3n) is 5.44. The Morgan fingerprint density at radius 3 is 2.96 bits per heavy atom. The van der Waals surface area contributed by atoms with E-state index in [0.717, 1.165) is 58.9 Å². The van der Waals surface area contributed by atoms with Crippen molar-refractivity contribution < 1.29 is 9.47 Å². The Bertz CT molecular complexity index is 697. The lowest BCUT2D eigenvalue weighted by Crippen LogP contribution is -2.36. The average molecular weight is 356 g/mol. The molecule has 26 heavy (non-hydrogen) atoms. The molecule has 0 bridgehead atoms. The average Bonchev–Trinajstić information content (AvgIpc) is 3.04. The number of fused-ring (bicyclic) bond motifs is 1. The van der Waals surface area contributed by atoms with E-state index in [1.165, 1.54) is 17.0 Å². The van der Waals surface area contributed by atoms with Crippen LogP contribution in [0.1, 0.15) is 35.7 Å². The summed E-state index contributed by atoms with van der Waals surface area (Å²) < 4.78 is 13.8. The first kappa shape index (κ1) is 17.6. The predicted molar refractivity (Wildman–Crippen MR) is 98.7 cm³/mol. The largest absolute Gasteiger partial charge is 0.381 e. The molecule has 1 saturated heterocycles. The smallest absolute Gasteiger partial charge is 0.0949 e. The number of rotatable bonds is 6. The second-order valence-corrected chi connectivity index (χ2v) is 7.51. The molecule has 0 aliphatic carbocycles. The van der Waals surface area contributed by atoms with E-state index in [1.54, 1.807) is 0 Å². The number of aromatic nitrogens is 3. The van der Waals surface area contributed by atoms with Crippen molar-refractivity contribution in [3.05, 3.63) is 47.8 Å². The molecule has 0 aromatic carbocycles. The van der Waals surface area contributed by atoms with Crippen LogP contribution >= 0.6 is 0 Å². The van der Waals surface area contributed by atoms with Crippen molar-refractivity contribution in [2.45, 2.75) is 31.8 Å². The van der Waals surface area contributed by atoms with Gasteiger partial charge >= 0.3 is 0 Å². The zero-order valence-corrected chi connectivity index (χ0v) is 15.5. The second-order valence-electron chi connectivity index (χ2n) is 7.51. The van der Waals surface area contributed by atoms with E-state index in [1.807, 2.05) is 24.8 Å². The zero-order chi connectivity index (χ0) is 17.8. The summed E-state index contributed by atoms with van der Waals surface area (Å²) in [6, 6.07) is 4.14. The lowest BCUT2D eigenvalue weighted by Gasteiger charge is -2.33. The Balaban J connectivity index is 1.39. The van der Waals surface area contributed by atoms with Gasteiger partial charge in [-0.15, -0.1) is 0 Å². The number of aryl methyl sites for hydroxylation is 1. The van der Waals surface area contributed by atoms with Gasteiger partial charge in [0.05, 0.1) is 18.6 Å². The second kappa shape index (κ2) is 8.29. The van der Waals surface area contributed by atoms with Crippen molar-refractivity contribution in [3.63, 3.8) is 0 Å². The Hall–Kier alpha value is -1.76. The first-order chi connectivity index (χ1) is 12.8. The molecule has 0 amide bonds. The van der Waals surface area contributed by atoms with Crippen LogP contribution in [0, 0.1) is 5.92 Å². The Morgan fingerprint density at radius 2 is 2.15 bits per heavy atom. The van der Waals surface area contributed by atoms with E-state index in [2.05, 4.69) is 32.5 Å². The minimum Gasteiger partial charge on any atom is -0.381 e. The van der Waals surface area contributed by atoms with E-state index < -0.39 is 0 Å². The van der Waals surface area contributed by atoms with Gasteiger partial charge in [-0.2, -0.15) is 0 Å². The summed E-state index contributed by atoms with van der Waals surface area (Å²) in [5.74, 6) is 1.01. The van der Waals surface area contributed by atoms with E-state index in [4.69, 9.17) is 9.47 Å². The molecule has 0 unspecified atom stereocenters. The highest BCUT2D eigenvalue weighted by Crippen LogP contribution is 2.29. The quantitative estimate of drug-likeness (QED) is 0.795. The van der Waals surface area contributed by atoms with E-state index in [9.17, 15) is 0 Å². The molecule has 0 radical (unpaired) electrons. The van der Waals surface area contributed by atoms with Crippen LogP contribution in [-0.2, 0) is 29.6 Å². The molecule has 0 N–H and O–H groups in total. The molecule has 2 aromatic heterocycles. The van der Waals surface area contributed by atoms with Gasteiger partial charge in [0.2, 0.25) is 0 Å². The normalized spacial score (nSPS) is 21.7. The van der Waals surface area contributed by atoms with Crippen LogP contribution in [0.3, 0.4) is 0 Å². The molecular weight excluding hydrogens is 328 g/mol. The molecule has 1 fully saturated rings. The monoisotopic (exact) mass is 356 g/mol. The van der Waals surface area contributed by atoms with Gasteiger partial charge in [-0.1, -0.05) is 6.07 Å². The minimum atomic E-state index is 0.364. The van der Waals surface area contributed by atoms with Gasteiger partial charge in [-0.25, -0.2) is 4.98 Å². The molecule has 6 heteroatoms. The highest BCUT2D eigenvalue weighted by Gasteiger charge is 2.29. The summed E-state index contributed by atoms with van der Waals surface area (Å²) in [4.78, 5) is 11.3. The lowest BCUT2D eigenvalue weighted by molar-refractivity contribution is 0.0127. The molecule has 4 heterocycles. The molecule has 2 aliphatic heterocycles. The third kappa shape index (κ3) is 4.14. The standard InChI is InChI=1S/C20H28N4O2/c1-23-15-22-19-12-24(10-17-3-2-6-21-9-17)11-18(20(19)23)14-26-13-16-4-7-25-8-5-16/h2-3,6,9,15-16,18H,4-5,7-8,10-14H2,1H3/t18-/m0/s1. The molecule has 2 aromatic rings. The summed E-state index contributed by atoms with van der Waals surface area (Å²) in [5, 5.41) is 0. The number of hydrogen-bond acceptors (Lipinski definition) is 5. The highest BCUT2D eigenvalue weighted by molar-refractivity contribution is 5.22. The van der Waals surface area contributed by atoms with Crippen LogP contribution in [0.2, 0.25) is 0 Å². The van der Waals surface area contributed by atoms with Crippen molar-refractivity contribution in [1.29, 1.82) is 0 Å². The number of ether oxygens (including phenoxy) is 2. The van der Waals surface area contributed by atoms with Crippen LogP contribution in [0.15, 0.2) is 30.9 Å². The first-order valence-corrected chi connectivity index (χ1v) is 9.56. The fourth-order valence-corrected chi connectivity index (χ4v) is 4.10. The van der Waals surface area contributed by atoms with Crippen molar-refractivity contribution in [1.82, 2.24) is 19.4 Å². The molecule has 0 saturated carbocycles. The molecular formula is C20H28N4O2. The van der Waals surface area contributed by atoms with E-state index >= 15 is 0 Å². The maximum Gasteiger partial charge on any atom is 0.0949 e. The minimum absolute atomic E-state index is 0.364. The summed E-state index contributed by atoms with van der Waals surface area (Å²) in [6.45, 7) is 6.14. The van der Waals surface area contributed by atoms with Crippen molar-refractivity contribution in [2.24, 2.45) is 13.0 Å².